The first-order valence-corrected chi connectivity index (χ1v) is 16.8. The van der Waals surface area contributed by atoms with Gasteiger partial charge in [0.15, 0.2) is 0 Å². The molecule has 3 aromatic carbocycles. The minimum atomic E-state index is -0.469. The molecule has 0 atom stereocenters. The second-order valence-corrected chi connectivity index (χ2v) is 13.4. The highest BCUT2D eigenvalue weighted by Gasteiger charge is 2.15. The lowest BCUT2D eigenvalue weighted by atomic mass is 10.1. The van der Waals surface area contributed by atoms with E-state index in [1.165, 1.54) is 27.4 Å². The van der Waals surface area contributed by atoms with Gasteiger partial charge in [-0.05, 0) is 94.1 Å². The molecule has 0 bridgehead atoms. The maximum Gasteiger partial charge on any atom is 0.308 e. The molecule has 0 fully saturated rings. The molecule has 0 saturated carbocycles. The molecule has 0 saturated heterocycles. The molecule has 0 aliphatic rings. The van der Waals surface area contributed by atoms with Crippen LogP contribution in [0.15, 0.2) is 69.6 Å². The number of halogens is 2. The molecule has 0 unspecified atom stereocenters. The number of rotatable bonds is 18. The molecule has 0 amide bonds. The molecule has 4 rings (SSSR count). The van der Waals surface area contributed by atoms with Crippen molar-refractivity contribution in [3.05, 3.63) is 75.2 Å². The van der Waals surface area contributed by atoms with Crippen molar-refractivity contribution in [2.24, 2.45) is 0 Å². The predicted octanol–water partition coefficient (Wildman–Crippen LogP) is 7.68. The number of nitrogens with zero attached hydrogens (tertiary/aromatic N) is 1. The van der Waals surface area contributed by atoms with Gasteiger partial charge >= 0.3 is 5.97 Å². The summed E-state index contributed by atoms with van der Waals surface area (Å²) in [7, 11) is 0. The summed E-state index contributed by atoms with van der Waals surface area (Å²) in [6, 6.07) is 21.4. The average Bonchev–Trinajstić information content (AvgIpc) is 3.26. The van der Waals surface area contributed by atoms with E-state index in [4.69, 9.17) is 23.7 Å². The molecule has 246 valence electrons. The lowest BCUT2D eigenvalue weighted by molar-refractivity contribution is -0.156. The molecular weight excluding hydrogens is 706 g/mol. The van der Waals surface area contributed by atoms with Crippen LogP contribution in [-0.4, -0.2) is 67.9 Å². The maximum atomic E-state index is 11.6. The molecule has 1 heterocycles. The zero-order chi connectivity index (χ0) is 31.4. The summed E-state index contributed by atoms with van der Waals surface area (Å²) in [5.41, 5.74) is 3.35. The van der Waals surface area contributed by atoms with Gasteiger partial charge in [0.1, 0.15) is 18.0 Å². The van der Waals surface area contributed by atoms with Gasteiger partial charge in [0.05, 0.1) is 46.1 Å². The van der Waals surface area contributed by atoms with Crippen LogP contribution in [-0.2, 0) is 36.7 Å². The zero-order valence-corrected chi connectivity index (χ0v) is 29.6. The Labute approximate surface area is 282 Å². The summed E-state index contributed by atoms with van der Waals surface area (Å²) in [6.45, 7) is 9.67. The molecule has 8 nitrogen and oxygen atoms in total. The van der Waals surface area contributed by atoms with Crippen LogP contribution in [0.3, 0.4) is 0 Å². The van der Waals surface area contributed by atoms with E-state index in [0.29, 0.717) is 46.2 Å². The van der Waals surface area contributed by atoms with Crippen molar-refractivity contribution in [3.8, 4) is 5.75 Å². The van der Waals surface area contributed by atoms with Crippen molar-refractivity contribution < 1.29 is 34.0 Å². The number of hydrogen-bond donors (Lipinski definition) is 0. The van der Waals surface area contributed by atoms with E-state index in [-0.39, 0.29) is 17.9 Å². The SMILES string of the molecule is CC(C)(C)OC(=O)CCOCCOCCOCCOc1cccc(CCCCn2c3ccc(Br)cc3c3cc(Br)ccc32)c1.O. The average molecular weight is 752 g/mol. The molecule has 1 aromatic heterocycles. The van der Waals surface area contributed by atoms with E-state index in [2.05, 4.69) is 91.0 Å². The topological polar surface area (TPSA) is 99.7 Å². The number of carbonyl (C=O) groups excluding carboxylic acids is 1. The highest BCUT2D eigenvalue weighted by atomic mass is 79.9. The first-order chi connectivity index (χ1) is 21.2. The fourth-order valence-corrected chi connectivity index (χ4v) is 5.71. The maximum absolute atomic E-state index is 11.6. The number of aryl methyl sites for hydroxylation is 2. The van der Waals surface area contributed by atoms with Crippen LogP contribution >= 0.6 is 31.9 Å². The lowest BCUT2D eigenvalue weighted by Gasteiger charge is -2.19. The van der Waals surface area contributed by atoms with Crippen LogP contribution in [0.2, 0.25) is 0 Å². The molecule has 4 aromatic rings. The van der Waals surface area contributed by atoms with Crippen LogP contribution in [0, 0.1) is 0 Å². The second-order valence-electron chi connectivity index (χ2n) is 11.6. The molecule has 0 spiro atoms. The monoisotopic (exact) mass is 749 g/mol. The Morgan fingerprint density at radius 1 is 0.733 bits per heavy atom. The third-order valence-electron chi connectivity index (χ3n) is 6.90. The summed E-state index contributed by atoms with van der Waals surface area (Å²) < 4.78 is 32.3. The zero-order valence-electron chi connectivity index (χ0n) is 26.4. The van der Waals surface area contributed by atoms with Gasteiger partial charge < -0.3 is 33.7 Å². The van der Waals surface area contributed by atoms with Gasteiger partial charge in [-0.3, -0.25) is 4.79 Å². The molecule has 2 N–H and O–H groups in total. The number of carbonyl (C=O) groups is 1. The molecular formula is C35H45Br2NO7. The van der Waals surface area contributed by atoms with Crippen molar-refractivity contribution in [2.75, 3.05) is 46.2 Å². The Morgan fingerprint density at radius 3 is 1.91 bits per heavy atom. The standard InChI is InChI=1S/C35H43Br2NO6.H2O/c1-35(2,3)44-34(39)14-16-40-17-18-41-19-20-42-21-22-43-29-9-6-8-26(23-29)7-4-5-15-38-32-12-10-27(36)24-30(32)31-25-28(37)11-13-33(31)38;/h6,8-13,23-25H,4-5,7,14-22H2,1-3H3;1H2. The summed E-state index contributed by atoms with van der Waals surface area (Å²) >= 11 is 7.27. The van der Waals surface area contributed by atoms with Gasteiger partial charge in [-0.2, -0.15) is 0 Å². The number of hydrogen-bond acceptors (Lipinski definition) is 6. The van der Waals surface area contributed by atoms with Gasteiger partial charge in [0.25, 0.3) is 0 Å². The normalized spacial score (nSPS) is 11.6. The van der Waals surface area contributed by atoms with Crippen LogP contribution in [0.1, 0.15) is 45.6 Å². The minimum Gasteiger partial charge on any atom is -0.491 e. The van der Waals surface area contributed by atoms with E-state index in [0.717, 1.165) is 40.5 Å². The Kier molecular flexibility index (Phi) is 15.3. The second kappa shape index (κ2) is 18.6. The highest BCUT2D eigenvalue weighted by molar-refractivity contribution is 9.10. The van der Waals surface area contributed by atoms with Gasteiger partial charge in [0.2, 0.25) is 0 Å². The molecule has 10 heteroatoms. The Hall–Kier alpha value is -2.47. The molecule has 0 aliphatic heterocycles. The van der Waals surface area contributed by atoms with Crippen LogP contribution in [0.5, 0.6) is 5.75 Å². The smallest absolute Gasteiger partial charge is 0.308 e. The van der Waals surface area contributed by atoms with Crippen LogP contribution in [0.4, 0.5) is 0 Å². The summed E-state index contributed by atoms with van der Waals surface area (Å²) in [6.07, 6.45) is 3.42. The quantitative estimate of drug-likeness (QED) is 0.0765. The van der Waals surface area contributed by atoms with Crippen LogP contribution in [0.25, 0.3) is 21.8 Å². The van der Waals surface area contributed by atoms with E-state index in [1.54, 1.807) is 0 Å². The van der Waals surface area contributed by atoms with E-state index in [1.807, 2.05) is 26.8 Å². The molecule has 45 heavy (non-hydrogen) atoms. The fourth-order valence-electron chi connectivity index (χ4n) is 4.99. The largest absolute Gasteiger partial charge is 0.491 e. The Bertz CT molecular complexity index is 1440. The van der Waals surface area contributed by atoms with Crippen molar-refractivity contribution in [1.29, 1.82) is 0 Å². The van der Waals surface area contributed by atoms with Crippen molar-refractivity contribution >= 4 is 59.6 Å². The van der Waals surface area contributed by atoms with Crippen molar-refractivity contribution in [2.45, 2.75) is 58.6 Å². The third-order valence-corrected chi connectivity index (χ3v) is 7.88. The number of esters is 1. The van der Waals surface area contributed by atoms with Crippen molar-refractivity contribution in [1.82, 2.24) is 4.57 Å². The van der Waals surface area contributed by atoms with E-state index >= 15 is 0 Å². The first-order valence-electron chi connectivity index (χ1n) is 15.2. The third kappa shape index (κ3) is 12.3. The van der Waals surface area contributed by atoms with Crippen LogP contribution < -0.4 is 4.74 Å². The Morgan fingerprint density at radius 2 is 1.31 bits per heavy atom. The van der Waals surface area contributed by atoms with Gasteiger partial charge in [-0.1, -0.05) is 44.0 Å². The van der Waals surface area contributed by atoms with Gasteiger partial charge in [-0.25, -0.2) is 0 Å². The van der Waals surface area contributed by atoms with Gasteiger partial charge in [0, 0.05) is 37.3 Å². The lowest BCUT2D eigenvalue weighted by Crippen LogP contribution is -2.24. The fraction of sp³-hybridized carbons (Fsp3) is 0.457. The Balaban J connectivity index is 0.00000552. The molecule has 0 aliphatic carbocycles. The number of ether oxygens (including phenoxy) is 5. The number of unbranched alkanes of at least 4 members (excludes halogenated alkanes) is 1. The number of benzene rings is 3. The highest BCUT2D eigenvalue weighted by Crippen LogP contribution is 2.33. The van der Waals surface area contributed by atoms with Crippen molar-refractivity contribution in [3.63, 3.8) is 0 Å². The van der Waals surface area contributed by atoms with Gasteiger partial charge in [-0.15, -0.1) is 0 Å². The molecule has 0 radical (unpaired) electrons. The summed E-state index contributed by atoms with van der Waals surface area (Å²) in [4.78, 5) is 11.6. The summed E-state index contributed by atoms with van der Waals surface area (Å²) in [5.74, 6) is 0.611. The predicted molar refractivity (Wildman–Crippen MR) is 186 cm³/mol. The van der Waals surface area contributed by atoms with E-state index < -0.39 is 5.60 Å². The van der Waals surface area contributed by atoms with E-state index in [9.17, 15) is 4.79 Å². The number of aromatic nitrogens is 1. The summed E-state index contributed by atoms with van der Waals surface area (Å²) in [5, 5.41) is 2.55. The minimum absolute atomic E-state index is 0. The first kappa shape index (κ1) is 37.0. The number of fused-ring (bicyclic) bond motifs is 3.